The van der Waals surface area contributed by atoms with E-state index in [9.17, 15) is 8.42 Å². The average Bonchev–Trinajstić information content (AvgIpc) is 2.67. The third-order valence-electron chi connectivity index (χ3n) is 3.25. The first kappa shape index (κ1) is 14.4. The van der Waals surface area contributed by atoms with Crippen molar-refractivity contribution in [2.45, 2.75) is 32.6 Å². The highest BCUT2D eigenvalue weighted by atomic mass is 35.5. The number of hydrogen-bond donors (Lipinski definition) is 0. The first-order valence-corrected chi connectivity index (χ1v) is 8.53. The molecule has 0 bridgehead atoms. The molecule has 0 fully saturated rings. The Hall–Kier alpha value is -1.00. The van der Waals surface area contributed by atoms with Crippen molar-refractivity contribution >= 4 is 32.3 Å². The largest absolute Gasteiger partial charge is 0.345 e. The van der Waals surface area contributed by atoms with E-state index < -0.39 is 9.84 Å². The summed E-state index contributed by atoms with van der Waals surface area (Å²) >= 11 is 6.03. The normalized spacial score (nSPS) is 12.5. The van der Waals surface area contributed by atoms with Crippen LogP contribution in [0.25, 0.3) is 10.9 Å². The van der Waals surface area contributed by atoms with Crippen LogP contribution in [-0.4, -0.2) is 18.7 Å². The Morgan fingerprint density at radius 1 is 1.32 bits per heavy atom. The van der Waals surface area contributed by atoms with Crippen molar-refractivity contribution in [3.05, 3.63) is 35.0 Å². The molecule has 0 unspecified atom stereocenters. The van der Waals surface area contributed by atoms with Crippen LogP contribution in [0.4, 0.5) is 0 Å². The van der Waals surface area contributed by atoms with E-state index in [2.05, 4.69) is 18.4 Å². The molecule has 1 aromatic carbocycles. The van der Waals surface area contributed by atoms with E-state index >= 15 is 0 Å². The lowest BCUT2D eigenvalue weighted by Crippen LogP contribution is -2.06. The predicted octanol–water partition coefficient (Wildman–Crippen LogP) is 3.81. The molecular weight excluding hydrogens is 282 g/mol. The highest BCUT2D eigenvalue weighted by Gasteiger charge is 2.16. The summed E-state index contributed by atoms with van der Waals surface area (Å²) in [5.41, 5.74) is 1.84. The third-order valence-corrected chi connectivity index (χ3v) is 5.12. The number of rotatable bonds is 4. The summed E-state index contributed by atoms with van der Waals surface area (Å²) in [6.07, 6.45) is 1.93. The Balaban J connectivity index is 2.63. The van der Waals surface area contributed by atoms with Crippen LogP contribution in [0.3, 0.4) is 0 Å². The lowest BCUT2D eigenvalue weighted by molar-refractivity contribution is 0.595. The van der Waals surface area contributed by atoms with Crippen molar-refractivity contribution in [1.82, 2.24) is 4.57 Å². The number of fused-ring (bicyclic) bond motifs is 1. The molecule has 0 aliphatic rings. The SMILES string of the molecule is CCS(=O)(=O)Cc1cn(C(C)C)c2cc(Cl)ccc12. The molecule has 0 N–H and O–H groups in total. The fourth-order valence-electron chi connectivity index (χ4n) is 2.18. The summed E-state index contributed by atoms with van der Waals surface area (Å²) in [5, 5.41) is 1.63. The Labute approximate surface area is 119 Å². The molecule has 0 aliphatic heterocycles. The van der Waals surface area contributed by atoms with Crippen molar-refractivity contribution in [1.29, 1.82) is 0 Å². The summed E-state index contributed by atoms with van der Waals surface area (Å²) in [4.78, 5) is 0. The number of benzene rings is 1. The van der Waals surface area contributed by atoms with E-state index in [0.717, 1.165) is 16.5 Å². The van der Waals surface area contributed by atoms with Gasteiger partial charge in [0.05, 0.1) is 11.3 Å². The molecule has 0 atom stereocenters. The van der Waals surface area contributed by atoms with Crippen LogP contribution in [0.1, 0.15) is 32.4 Å². The van der Waals surface area contributed by atoms with Gasteiger partial charge in [0, 0.05) is 28.4 Å². The van der Waals surface area contributed by atoms with Crippen LogP contribution < -0.4 is 0 Å². The van der Waals surface area contributed by atoms with Crippen molar-refractivity contribution in [2.24, 2.45) is 0 Å². The molecule has 1 heterocycles. The standard InChI is InChI=1S/C14H18ClNO2S/c1-4-19(17,18)9-11-8-16(10(2)3)14-7-12(15)5-6-13(11)14/h5-8,10H,4,9H2,1-3H3. The van der Waals surface area contributed by atoms with E-state index in [-0.39, 0.29) is 17.5 Å². The van der Waals surface area contributed by atoms with Gasteiger partial charge in [-0.05, 0) is 31.5 Å². The number of sulfone groups is 1. The van der Waals surface area contributed by atoms with Crippen LogP contribution in [0.15, 0.2) is 24.4 Å². The van der Waals surface area contributed by atoms with Crippen LogP contribution in [-0.2, 0) is 15.6 Å². The highest BCUT2D eigenvalue weighted by molar-refractivity contribution is 7.90. The number of aromatic nitrogens is 1. The minimum Gasteiger partial charge on any atom is -0.345 e. The molecule has 104 valence electrons. The van der Waals surface area contributed by atoms with Crippen LogP contribution in [0, 0.1) is 0 Å². The van der Waals surface area contributed by atoms with Gasteiger partial charge in [0.2, 0.25) is 0 Å². The summed E-state index contributed by atoms with van der Waals surface area (Å²) in [5.74, 6) is 0.246. The van der Waals surface area contributed by atoms with Gasteiger partial charge in [0.15, 0.2) is 9.84 Å². The molecular formula is C14H18ClNO2S. The summed E-state index contributed by atoms with van der Waals surface area (Å²) in [6.45, 7) is 5.81. The van der Waals surface area contributed by atoms with Crippen LogP contribution >= 0.6 is 11.6 Å². The predicted molar refractivity (Wildman–Crippen MR) is 80.5 cm³/mol. The van der Waals surface area contributed by atoms with Gasteiger partial charge in [0.25, 0.3) is 0 Å². The molecule has 1 aromatic heterocycles. The minimum absolute atomic E-state index is 0.0847. The van der Waals surface area contributed by atoms with Gasteiger partial charge in [-0.15, -0.1) is 0 Å². The third kappa shape index (κ3) is 2.95. The Morgan fingerprint density at radius 3 is 2.58 bits per heavy atom. The van der Waals surface area contributed by atoms with E-state index in [4.69, 9.17) is 11.6 Å². The molecule has 2 aromatic rings. The smallest absolute Gasteiger partial charge is 0.154 e. The minimum atomic E-state index is -3.03. The van der Waals surface area contributed by atoms with Gasteiger partial charge in [-0.1, -0.05) is 24.6 Å². The monoisotopic (exact) mass is 299 g/mol. The fourth-order valence-corrected chi connectivity index (χ4v) is 3.25. The van der Waals surface area contributed by atoms with Crippen molar-refractivity contribution < 1.29 is 8.42 Å². The molecule has 19 heavy (non-hydrogen) atoms. The highest BCUT2D eigenvalue weighted by Crippen LogP contribution is 2.28. The lowest BCUT2D eigenvalue weighted by Gasteiger charge is -2.08. The zero-order valence-corrected chi connectivity index (χ0v) is 12.9. The van der Waals surface area contributed by atoms with Crippen molar-refractivity contribution in [2.75, 3.05) is 5.75 Å². The summed E-state index contributed by atoms with van der Waals surface area (Å²) in [7, 11) is -3.03. The molecule has 0 saturated carbocycles. The quantitative estimate of drug-likeness (QED) is 0.861. The topological polar surface area (TPSA) is 39.1 Å². The maximum atomic E-state index is 11.8. The second-order valence-electron chi connectivity index (χ2n) is 4.99. The molecule has 0 amide bonds. The molecule has 5 heteroatoms. The van der Waals surface area contributed by atoms with E-state index in [1.165, 1.54) is 0 Å². The van der Waals surface area contributed by atoms with Gasteiger partial charge in [-0.25, -0.2) is 8.42 Å². The zero-order chi connectivity index (χ0) is 14.2. The lowest BCUT2D eigenvalue weighted by atomic mass is 10.2. The summed E-state index contributed by atoms with van der Waals surface area (Å²) in [6, 6.07) is 5.85. The maximum Gasteiger partial charge on any atom is 0.154 e. The number of nitrogens with zero attached hydrogens (tertiary/aromatic N) is 1. The van der Waals surface area contributed by atoms with E-state index in [1.54, 1.807) is 13.0 Å². The number of hydrogen-bond acceptors (Lipinski definition) is 2. The van der Waals surface area contributed by atoms with Crippen LogP contribution in [0.2, 0.25) is 5.02 Å². The Bertz CT molecular complexity index is 702. The average molecular weight is 300 g/mol. The van der Waals surface area contributed by atoms with Gasteiger partial charge in [-0.3, -0.25) is 0 Å². The Morgan fingerprint density at radius 2 is 2.00 bits per heavy atom. The maximum absolute atomic E-state index is 11.8. The molecule has 0 aliphatic carbocycles. The van der Waals surface area contributed by atoms with Gasteiger partial charge >= 0.3 is 0 Å². The van der Waals surface area contributed by atoms with Crippen molar-refractivity contribution in [3.63, 3.8) is 0 Å². The second kappa shape index (κ2) is 5.17. The fraction of sp³-hybridized carbons (Fsp3) is 0.429. The molecule has 3 nitrogen and oxygen atoms in total. The molecule has 0 saturated heterocycles. The zero-order valence-electron chi connectivity index (χ0n) is 11.4. The number of halogens is 1. The summed E-state index contributed by atoms with van der Waals surface area (Å²) < 4.78 is 25.7. The molecule has 2 rings (SSSR count). The van der Waals surface area contributed by atoms with Gasteiger partial charge in [-0.2, -0.15) is 0 Å². The van der Waals surface area contributed by atoms with E-state index in [1.807, 2.05) is 18.3 Å². The van der Waals surface area contributed by atoms with Gasteiger partial charge in [0.1, 0.15) is 0 Å². The molecule has 0 radical (unpaired) electrons. The second-order valence-corrected chi connectivity index (χ2v) is 7.78. The first-order valence-electron chi connectivity index (χ1n) is 6.33. The van der Waals surface area contributed by atoms with E-state index in [0.29, 0.717) is 5.02 Å². The van der Waals surface area contributed by atoms with Gasteiger partial charge < -0.3 is 4.57 Å². The molecule has 0 spiro atoms. The first-order chi connectivity index (χ1) is 8.84. The Kier molecular flexibility index (Phi) is 3.92. The van der Waals surface area contributed by atoms with Crippen molar-refractivity contribution in [3.8, 4) is 0 Å². The van der Waals surface area contributed by atoms with Crippen LogP contribution in [0.5, 0.6) is 0 Å².